The van der Waals surface area contributed by atoms with Gasteiger partial charge in [-0.05, 0) is 111 Å². The smallest absolute Gasteiger partial charge is 0.0332 e. The Labute approximate surface area is 157 Å². The van der Waals surface area contributed by atoms with Crippen molar-refractivity contribution in [3.05, 3.63) is 81.3 Å². The van der Waals surface area contributed by atoms with Crippen LogP contribution in [0.4, 0.5) is 0 Å². The van der Waals surface area contributed by atoms with E-state index in [4.69, 9.17) is 0 Å². The number of rotatable bonds is 1. The van der Waals surface area contributed by atoms with Crippen molar-refractivity contribution >= 4 is 37.5 Å². The maximum absolute atomic E-state index is 3.91. The predicted molar refractivity (Wildman–Crippen MR) is 114 cm³/mol. The lowest BCUT2D eigenvalue weighted by molar-refractivity contribution is 1.36. The van der Waals surface area contributed by atoms with Crippen LogP contribution in [0, 0.1) is 27.7 Å². The molecule has 25 heavy (non-hydrogen) atoms. The Balaban J connectivity index is 2.30. The van der Waals surface area contributed by atoms with E-state index < -0.39 is 0 Å². The minimum Gasteiger partial charge on any atom is -0.0622 e. The molecule has 0 heterocycles. The standard InChI is InChI=1S/C24H21Br/c1-14-10-19-21(12-16(14)3)24(25)22-13-17(4)15(2)11-20(22)23(19)18-8-6-5-7-9-18/h5-13H,1-4H3. The average molecular weight is 389 g/mol. The van der Waals surface area contributed by atoms with Crippen molar-refractivity contribution in [2.75, 3.05) is 0 Å². The Hall–Kier alpha value is -2.12. The quantitative estimate of drug-likeness (QED) is 0.293. The van der Waals surface area contributed by atoms with Gasteiger partial charge in [0.15, 0.2) is 0 Å². The summed E-state index contributed by atoms with van der Waals surface area (Å²) in [5.41, 5.74) is 7.93. The maximum atomic E-state index is 3.91. The summed E-state index contributed by atoms with van der Waals surface area (Å²) in [5, 5.41) is 5.21. The number of benzene rings is 4. The van der Waals surface area contributed by atoms with Crippen LogP contribution in [-0.2, 0) is 0 Å². The molecule has 4 aromatic carbocycles. The zero-order chi connectivity index (χ0) is 17.7. The molecule has 0 aliphatic rings. The van der Waals surface area contributed by atoms with E-state index in [1.807, 2.05) is 0 Å². The molecule has 0 spiro atoms. The Bertz CT molecular complexity index is 1050. The van der Waals surface area contributed by atoms with Crippen molar-refractivity contribution in [1.82, 2.24) is 0 Å². The Morgan fingerprint density at radius 3 is 1.40 bits per heavy atom. The zero-order valence-electron chi connectivity index (χ0n) is 15.1. The molecule has 0 radical (unpaired) electrons. The number of halogens is 1. The van der Waals surface area contributed by atoms with Gasteiger partial charge in [-0.25, -0.2) is 0 Å². The molecule has 1 heteroatoms. The number of hydrogen-bond donors (Lipinski definition) is 0. The van der Waals surface area contributed by atoms with E-state index in [1.54, 1.807) is 0 Å². The van der Waals surface area contributed by atoms with Crippen LogP contribution in [0.1, 0.15) is 22.3 Å². The third-order valence-electron chi connectivity index (χ3n) is 5.34. The molecule has 0 atom stereocenters. The monoisotopic (exact) mass is 388 g/mol. The van der Waals surface area contributed by atoms with Gasteiger partial charge in [-0.2, -0.15) is 0 Å². The highest BCUT2D eigenvalue weighted by Crippen LogP contribution is 2.43. The molecule has 0 bridgehead atoms. The van der Waals surface area contributed by atoms with Gasteiger partial charge in [0.05, 0.1) is 0 Å². The van der Waals surface area contributed by atoms with Crippen LogP contribution in [0.2, 0.25) is 0 Å². The lowest BCUT2D eigenvalue weighted by Crippen LogP contribution is -1.92. The van der Waals surface area contributed by atoms with Gasteiger partial charge < -0.3 is 0 Å². The summed E-state index contributed by atoms with van der Waals surface area (Å²) in [6, 6.07) is 20.1. The van der Waals surface area contributed by atoms with Crippen molar-refractivity contribution in [3.8, 4) is 11.1 Å². The number of fused-ring (bicyclic) bond motifs is 2. The third-order valence-corrected chi connectivity index (χ3v) is 6.20. The fourth-order valence-electron chi connectivity index (χ4n) is 3.62. The summed E-state index contributed by atoms with van der Waals surface area (Å²) < 4.78 is 1.20. The van der Waals surface area contributed by atoms with E-state index in [2.05, 4.69) is 98.2 Å². The van der Waals surface area contributed by atoms with Gasteiger partial charge in [-0.3, -0.25) is 0 Å². The van der Waals surface area contributed by atoms with Crippen molar-refractivity contribution in [2.45, 2.75) is 27.7 Å². The fraction of sp³-hybridized carbons (Fsp3) is 0.167. The van der Waals surface area contributed by atoms with E-state index in [0.717, 1.165) is 0 Å². The van der Waals surface area contributed by atoms with Crippen LogP contribution < -0.4 is 0 Å². The molecule has 0 unspecified atom stereocenters. The normalized spacial score (nSPS) is 11.4. The van der Waals surface area contributed by atoms with Gasteiger partial charge in [0, 0.05) is 4.47 Å². The first kappa shape index (κ1) is 16.4. The van der Waals surface area contributed by atoms with Crippen LogP contribution >= 0.6 is 15.9 Å². The Kier molecular flexibility index (Phi) is 3.92. The van der Waals surface area contributed by atoms with Crippen LogP contribution in [0.25, 0.3) is 32.7 Å². The van der Waals surface area contributed by atoms with Crippen molar-refractivity contribution in [3.63, 3.8) is 0 Å². The molecule has 4 aromatic rings. The Morgan fingerprint density at radius 2 is 0.960 bits per heavy atom. The fourth-order valence-corrected chi connectivity index (χ4v) is 4.27. The van der Waals surface area contributed by atoms with E-state index in [0.29, 0.717) is 0 Å². The predicted octanol–water partition coefficient (Wildman–Crippen LogP) is 7.66. The largest absolute Gasteiger partial charge is 0.0622 e. The minimum atomic E-state index is 1.20. The van der Waals surface area contributed by atoms with Gasteiger partial charge in [0.1, 0.15) is 0 Å². The Morgan fingerprint density at radius 1 is 0.560 bits per heavy atom. The first-order valence-electron chi connectivity index (χ1n) is 8.66. The third kappa shape index (κ3) is 2.58. The topological polar surface area (TPSA) is 0 Å². The van der Waals surface area contributed by atoms with E-state index in [-0.39, 0.29) is 0 Å². The summed E-state index contributed by atoms with van der Waals surface area (Å²) >= 11 is 3.91. The van der Waals surface area contributed by atoms with Crippen LogP contribution in [0.15, 0.2) is 59.1 Å². The molecule has 0 nitrogen and oxygen atoms in total. The van der Waals surface area contributed by atoms with E-state index >= 15 is 0 Å². The van der Waals surface area contributed by atoms with Crippen molar-refractivity contribution in [2.24, 2.45) is 0 Å². The summed E-state index contributed by atoms with van der Waals surface area (Å²) in [5.74, 6) is 0. The molecular formula is C24H21Br. The lowest BCUT2D eigenvalue weighted by Gasteiger charge is -2.17. The van der Waals surface area contributed by atoms with Crippen LogP contribution in [-0.4, -0.2) is 0 Å². The second-order valence-electron chi connectivity index (χ2n) is 7.02. The number of aryl methyl sites for hydroxylation is 4. The van der Waals surface area contributed by atoms with Crippen LogP contribution in [0.5, 0.6) is 0 Å². The molecule has 124 valence electrons. The first-order valence-corrected chi connectivity index (χ1v) is 9.45. The molecule has 0 amide bonds. The molecule has 0 N–H and O–H groups in total. The van der Waals surface area contributed by atoms with Crippen molar-refractivity contribution in [1.29, 1.82) is 0 Å². The lowest BCUT2D eigenvalue weighted by atomic mass is 9.88. The number of hydrogen-bond acceptors (Lipinski definition) is 0. The second kappa shape index (κ2) is 6.00. The van der Waals surface area contributed by atoms with Gasteiger partial charge in [0.25, 0.3) is 0 Å². The van der Waals surface area contributed by atoms with Gasteiger partial charge in [-0.15, -0.1) is 0 Å². The molecule has 0 aliphatic carbocycles. The summed E-state index contributed by atoms with van der Waals surface area (Å²) in [7, 11) is 0. The minimum absolute atomic E-state index is 1.20. The first-order chi connectivity index (χ1) is 12.0. The molecule has 0 saturated heterocycles. The molecule has 0 aliphatic heterocycles. The summed E-state index contributed by atoms with van der Waals surface area (Å²) in [6.07, 6.45) is 0. The van der Waals surface area contributed by atoms with Crippen molar-refractivity contribution < 1.29 is 0 Å². The SMILES string of the molecule is Cc1cc2c(Br)c3cc(C)c(C)cc3c(-c3ccccc3)c2cc1C. The maximum Gasteiger partial charge on any atom is 0.0332 e. The highest BCUT2D eigenvalue weighted by Gasteiger charge is 2.16. The molecular weight excluding hydrogens is 368 g/mol. The zero-order valence-corrected chi connectivity index (χ0v) is 16.7. The van der Waals surface area contributed by atoms with Gasteiger partial charge >= 0.3 is 0 Å². The molecule has 0 aromatic heterocycles. The van der Waals surface area contributed by atoms with Gasteiger partial charge in [0.2, 0.25) is 0 Å². The molecule has 4 rings (SSSR count). The highest BCUT2D eigenvalue weighted by atomic mass is 79.9. The molecule has 0 fully saturated rings. The van der Waals surface area contributed by atoms with E-state index in [1.165, 1.54) is 59.4 Å². The average Bonchev–Trinajstić information content (AvgIpc) is 2.60. The highest BCUT2D eigenvalue weighted by molar-refractivity contribution is 9.10. The van der Waals surface area contributed by atoms with Gasteiger partial charge in [-0.1, -0.05) is 42.5 Å². The van der Waals surface area contributed by atoms with Crippen LogP contribution in [0.3, 0.4) is 0 Å². The second-order valence-corrected chi connectivity index (χ2v) is 7.81. The summed E-state index contributed by atoms with van der Waals surface area (Å²) in [6.45, 7) is 8.77. The molecule has 0 saturated carbocycles. The van der Waals surface area contributed by atoms with E-state index in [9.17, 15) is 0 Å². The summed E-state index contributed by atoms with van der Waals surface area (Å²) in [4.78, 5) is 0.